The molecule has 0 saturated heterocycles. The van der Waals surface area contributed by atoms with Gasteiger partial charge in [-0.2, -0.15) is 5.48 Å². The first-order valence-electron chi connectivity index (χ1n) is 3.74. The van der Waals surface area contributed by atoms with Crippen molar-refractivity contribution in [3.8, 4) is 0 Å². The molecule has 1 aromatic rings. The molecule has 1 aromatic carbocycles. The van der Waals surface area contributed by atoms with Crippen molar-refractivity contribution in [2.45, 2.75) is 0 Å². The molecule has 0 aromatic heterocycles. The third-order valence-corrected chi connectivity index (χ3v) is 2.29. The highest BCUT2D eigenvalue weighted by Crippen LogP contribution is 2.26. The molecular formula is C8H10BrN2O3+. The van der Waals surface area contributed by atoms with Crippen LogP contribution in [0.15, 0.2) is 16.6 Å². The van der Waals surface area contributed by atoms with Crippen molar-refractivity contribution in [2.24, 2.45) is 0 Å². The summed E-state index contributed by atoms with van der Waals surface area (Å²) >= 11 is 3.17. The van der Waals surface area contributed by atoms with Crippen molar-refractivity contribution in [2.75, 3.05) is 12.8 Å². The van der Waals surface area contributed by atoms with Gasteiger partial charge in [0, 0.05) is 16.6 Å². The van der Waals surface area contributed by atoms with Crippen LogP contribution in [0.25, 0.3) is 0 Å². The highest BCUT2D eigenvalue weighted by Gasteiger charge is 2.14. The van der Waals surface area contributed by atoms with E-state index in [9.17, 15) is 4.79 Å². The molecule has 6 heteroatoms. The van der Waals surface area contributed by atoms with Crippen molar-refractivity contribution in [3.63, 3.8) is 0 Å². The van der Waals surface area contributed by atoms with Gasteiger partial charge in [0.05, 0.1) is 18.4 Å². The maximum atomic E-state index is 10.8. The van der Waals surface area contributed by atoms with Crippen molar-refractivity contribution < 1.29 is 20.2 Å². The van der Waals surface area contributed by atoms with Crippen LogP contribution < -0.4 is 11.2 Å². The Morgan fingerprint density at radius 3 is 2.79 bits per heavy atom. The van der Waals surface area contributed by atoms with Crippen LogP contribution in [-0.2, 0) is 4.84 Å². The molecule has 0 saturated carbocycles. The van der Waals surface area contributed by atoms with E-state index in [4.69, 9.17) is 15.7 Å². The topological polar surface area (TPSA) is 89.2 Å². The number of hydrogen-bond acceptors (Lipinski definition) is 3. The summed E-state index contributed by atoms with van der Waals surface area (Å²) in [6, 6.07) is 3.14. The minimum absolute atomic E-state index is 0.0580. The summed E-state index contributed by atoms with van der Waals surface area (Å²) in [6.45, 7) is 0. The molecule has 1 rings (SSSR count). The Kier molecular flexibility index (Phi) is 3.45. The number of carbonyl (C=O) groups is 1. The largest absolute Gasteiger partial charge is 0.478 e. The van der Waals surface area contributed by atoms with Gasteiger partial charge >= 0.3 is 5.97 Å². The maximum absolute atomic E-state index is 10.8. The van der Waals surface area contributed by atoms with Gasteiger partial charge in [-0.1, -0.05) is 0 Å². The quantitative estimate of drug-likeness (QED) is 0.546. The summed E-state index contributed by atoms with van der Waals surface area (Å²) in [5.41, 5.74) is 7.92. The van der Waals surface area contributed by atoms with E-state index in [1.807, 2.05) is 0 Å². The van der Waals surface area contributed by atoms with Gasteiger partial charge in [0.25, 0.3) is 0 Å². The lowest BCUT2D eigenvalue weighted by atomic mass is 10.1. The summed E-state index contributed by atoms with van der Waals surface area (Å²) in [6.07, 6.45) is 0. The predicted molar refractivity (Wildman–Crippen MR) is 54.1 cm³/mol. The molecule has 5 N–H and O–H groups in total. The van der Waals surface area contributed by atoms with E-state index in [-0.39, 0.29) is 11.3 Å². The fourth-order valence-electron chi connectivity index (χ4n) is 1.02. The number of anilines is 1. The molecular weight excluding hydrogens is 252 g/mol. The summed E-state index contributed by atoms with van der Waals surface area (Å²) in [5, 5.41) is 8.83. The van der Waals surface area contributed by atoms with E-state index in [1.165, 1.54) is 18.7 Å². The first-order chi connectivity index (χ1) is 6.56. The van der Waals surface area contributed by atoms with Gasteiger partial charge < -0.3 is 10.8 Å². The number of aromatic carboxylic acids is 1. The molecule has 0 spiro atoms. The van der Waals surface area contributed by atoms with Crippen LogP contribution >= 0.6 is 15.9 Å². The molecule has 0 bridgehead atoms. The average Bonchev–Trinajstić information content (AvgIpc) is 2.11. The number of benzene rings is 1. The van der Waals surface area contributed by atoms with Gasteiger partial charge in [-0.15, -0.1) is 0 Å². The number of carboxylic acid groups (broad SMARTS) is 1. The second kappa shape index (κ2) is 4.41. The number of halogens is 1. The Morgan fingerprint density at radius 2 is 2.29 bits per heavy atom. The average molecular weight is 262 g/mol. The van der Waals surface area contributed by atoms with E-state index >= 15 is 0 Å². The van der Waals surface area contributed by atoms with Crippen molar-refractivity contribution in [3.05, 3.63) is 22.2 Å². The van der Waals surface area contributed by atoms with Crippen LogP contribution in [-0.4, -0.2) is 18.2 Å². The Labute approximate surface area is 88.9 Å². The summed E-state index contributed by atoms with van der Waals surface area (Å²) < 4.78 is 0.542. The molecule has 0 atom stereocenters. The SMILES string of the molecule is CO[NH2+]c1cc(Br)c(N)c(C(=O)O)c1. The van der Waals surface area contributed by atoms with Gasteiger partial charge in [-0.3, -0.25) is 0 Å². The zero-order valence-electron chi connectivity index (χ0n) is 7.45. The number of carboxylic acids is 1. The fraction of sp³-hybridized carbons (Fsp3) is 0.125. The highest BCUT2D eigenvalue weighted by atomic mass is 79.9. The van der Waals surface area contributed by atoms with Crippen molar-refractivity contribution >= 4 is 33.3 Å². The maximum Gasteiger partial charge on any atom is 0.338 e. The van der Waals surface area contributed by atoms with E-state index in [0.717, 1.165) is 0 Å². The minimum Gasteiger partial charge on any atom is -0.478 e. The van der Waals surface area contributed by atoms with Crippen LogP contribution in [0.5, 0.6) is 0 Å². The van der Waals surface area contributed by atoms with Crippen LogP contribution in [0.2, 0.25) is 0 Å². The number of rotatable bonds is 3. The molecule has 0 aliphatic heterocycles. The zero-order valence-corrected chi connectivity index (χ0v) is 9.04. The Morgan fingerprint density at radius 1 is 1.64 bits per heavy atom. The molecule has 0 radical (unpaired) electrons. The number of nitrogen functional groups attached to an aromatic ring is 1. The summed E-state index contributed by atoms with van der Waals surface area (Å²) in [5.74, 6) is -1.06. The second-order valence-corrected chi connectivity index (χ2v) is 3.48. The molecule has 5 nitrogen and oxygen atoms in total. The molecule has 76 valence electrons. The Bertz CT molecular complexity index is 368. The van der Waals surface area contributed by atoms with Crippen LogP contribution in [0.1, 0.15) is 10.4 Å². The normalized spacial score (nSPS) is 10.1. The summed E-state index contributed by atoms with van der Waals surface area (Å²) in [7, 11) is 1.49. The molecule has 0 unspecified atom stereocenters. The van der Waals surface area contributed by atoms with E-state index < -0.39 is 5.97 Å². The van der Waals surface area contributed by atoms with Gasteiger partial charge in [-0.25, -0.2) is 9.63 Å². The third-order valence-electron chi connectivity index (χ3n) is 1.64. The fourth-order valence-corrected chi connectivity index (χ4v) is 1.50. The second-order valence-electron chi connectivity index (χ2n) is 2.62. The van der Waals surface area contributed by atoms with Gasteiger partial charge in [-0.05, 0) is 15.9 Å². The van der Waals surface area contributed by atoms with Gasteiger partial charge in [0.2, 0.25) is 0 Å². The first kappa shape index (κ1) is 11.0. The standard InChI is InChI=1S/C8H9BrN2O3/c1-14-11-4-2-5(8(12)13)7(10)6(9)3-4/h2-3,11H,10H2,1H3,(H,12,13)/p+1. The van der Waals surface area contributed by atoms with Crippen LogP contribution in [0.4, 0.5) is 11.4 Å². The Balaban J connectivity index is 3.21. The van der Waals surface area contributed by atoms with Gasteiger partial charge in [0.1, 0.15) is 0 Å². The lowest BCUT2D eigenvalue weighted by Crippen LogP contribution is -2.76. The number of nitrogens with two attached hydrogens (primary N) is 2. The zero-order chi connectivity index (χ0) is 10.7. The first-order valence-corrected chi connectivity index (χ1v) is 4.54. The van der Waals surface area contributed by atoms with E-state index in [0.29, 0.717) is 10.2 Å². The van der Waals surface area contributed by atoms with Gasteiger partial charge in [0.15, 0.2) is 5.69 Å². The molecule has 0 heterocycles. The number of quaternary nitrogens is 1. The molecule has 0 aliphatic carbocycles. The predicted octanol–water partition coefficient (Wildman–Crippen LogP) is 0.486. The molecule has 0 aliphatic rings. The highest BCUT2D eigenvalue weighted by molar-refractivity contribution is 9.10. The minimum atomic E-state index is -1.06. The van der Waals surface area contributed by atoms with Crippen LogP contribution in [0, 0.1) is 0 Å². The lowest BCUT2D eigenvalue weighted by Gasteiger charge is -2.04. The number of hydrogen-bond donors (Lipinski definition) is 3. The third kappa shape index (κ3) is 2.22. The monoisotopic (exact) mass is 261 g/mol. The van der Waals surface area contributed by atoms with Crippen molar-refractivity contribution in [1.82, 2.24) is 0 Å². The molecule has 14 heavy (non-hydrogen) atoms. The van der Waals surface area contributed by atoms with Crippen LogP contribution in [0.3, 0.4) is 0 Å². The molecule has 0 fully saturated rings. The summed E-state index contributed by atoms with van der Waals surface area (Å²) in [4.78, 5) is 15.6. The smallest absolute Gasteiger partial charge is 0.338 e. The Hall–Kier alpha value is -1.11. The van der Waals surface area contributed by atoms with E-state index in [1.54, 1.807) is 6.07 Å². The molecule has 0 amide bonds. The van der Waals surface area contributed by atoms with Crippen molar-refractivity contribution in [1.29, 1.82) is 0 Å². The van der Waals surface area contributed by atoms with E-state index in [2.05, 4.69) is 15.9 Å². The lowest BCUT2D eigenvalue weighted by molar-refractivity contribution is -0.830.